The Balaban J connectivity index is 3.34. The average molecular weight is 804 g/mol. The van der Waals surface area contributed by atoms with Crippen LogP contribution in [0.4, 0.5) is 0 Å². The molecule has 1 rings (SSSR count). The Morgan fingerprint density at radius 2 is 1.20 bits per heavy atom. The molecule has 0 saturated carbocycles. The van der Waals surface area contributed by atoms with E-state index in [9.17, 15) is 63.3 Å². The van der Waals surface area contributed by atoms with Crippen LogP contribution in [0, 0.1) is 5.92 Å². The molecule has 0 aliphatic carbocycles. The second kappa shape index (κ2) is 23.7. The van der Waals surface area contributed by atoms with Gasteiger partial charge in [0.1, 0.15) is 36.3 Å². The lowest BCUT2D eigenvalue weighted by Gasteiger charge is -2.30. The van der Waals surface area contributed by atoms with Gasteiger partial charge in [0.25, 0.3) is 0 Å². The molecule has 21 nitrogen and oxygen atoms in total. The van der Waals surface area contributed by atoms with E-state index in [0.717, 1.165) is 0 Å². The van der Waals surface area contributed by atoms with Gasteiger partial charge in [-0.05, 0) is 57.0 Å². The highest BCUT2D eigenvalue weighted by atomic mass is 32.2. The van der Waals surface area contributed by atoms with E-state index in [4.69, 9.17) is 10.8 Å². The summed E-state index contributed by atoms with van der Waals surface area (Å²) in [5, 5.41) is 48.9. The first-order chi connectivity index (χ1) is 25.7. The Morgan fingerprint density at radius 1 is 0.709 bits per heavy atom. The van der Waals surface area contributed by atoms with Gasteiger partial charge in [0.05, 0.1) is 12.5 Å². The van der Waals surface area contributed by atoms with Gasteiger partial charge in [-0.25, -0.2) is 4.79 Å². The van der Waals surface area contributed by atoms with E-state index in [0.29, 0.717) is 18.6 Å². The number of carbonyl (C=O) groups excluding carboxylic acids is 6. The van der Waals surface area contributed by atoms with Crippen LogP contribution in [0.3, 0.4) is 0 Å². The largest absolute Gasteiger partial charge is 0.481 e. The summed E-state index contributed by atoms with van der Waals surface area (Å²) in [4.78, 5) is 127. The predicted molar refractivity (Wildman–Crippen MR) is 194 cm³/mol. The number of nitrogens with zero attached hydrogens (tertiary/aromatic N) is 1. The van der Waals surface area contributed by atoms with Crippen LogP contribution in [0.2, 0.25) is 0 Å². The maximum absolute atomic E-state index is 13.7. The summed E-state index contributed by atoms with van der Waals surface area (Å²) in [6, 6.07) is -9.65. The lowest BCUT2D eigenvalue weighted by atomic mass is 9.96. The lowest BCUT2D eigenvalue weighted by Crippen LogP contribution is -2.60. The van der Waals surface area contributed by atoms with Crippen LogP contribution in [0.25, 0.3) is 0 Å². The summed E-state index contributed by atoms with van der Waals surface area (Å²) in [5.41, 5.74) is 5.71. The fourth-order valence-electron chi connectivity index (χ4n) is 5.55. The molecule has 0 unspecified atom stereocenters. The third kappa shape index (κ3) is 16.5. The molecule has 1 saturated heterocycles. The van der Waals surface area contributed by atoms with E-state index in [2.05, 4.69) is 26.6 Å². The zero-order valence-corrected chi connectivity index (χ0v) is 32.0. The van der Waals surface area contributed by atoms with Gasteiger partial charge in [-0.1, -0.05) is 20.3 Å². The number of carboxylic acid groups (broad SMARTS) is 4. The van der Waals surface area contributed by atoms with Crippen molar-refractivity contribution in [2.45, 2.75) is 121 Å². The third-order valence-corrected chi connectivity index (χ3v) is 9.46. The number of carbonyl (C=O) groups is 10. The van der Waals surface area contributed by atoms with Crippen molar-refractivity contribution in [3.05, 3.63) is 0 Å². The molecule has 0 aromatic heterocycles. The molecule has 310 valence electrons. The van der Waals surface area contributed by atoms with Crippen LogP contribution < -0.4 is 32.3 Å². The second-order valence-corrected chi connectivity index (χ2v) is 14.2. The standard InChI is InChI=1S/C33H53N7O14S/c1-5-16(2)26(31(51)37-20(12-14-55-4)28(48)38-21(33(53)54)15-25(45)46)39-29(49)19(9-11-24(43)44)35-27(47)18(8-10-23(41)42)36-30(50)22-7-6-13-40(22)32(52)17(3)34/h16-22,26H,5-15,34H2,1-4H3,(H,35,47)(H,36,50)(H,37,51)(H,38,48)(H,39,49)(H,41,42)(H,43,44)(H,45,46)(H,53,54)/t16-,17-,18-,19-,20-,21-,22-,26-/m0/s1. The van der Waals surface area contributed by atoms with Gasteiger partial charge in [0.2, 0.25) is 35.4 Å². The van der Waals surface area contributed by atoms with Crippen molar-refractivity contribution in [2.75, 3.05) is 18.6 Å². The molecule has 1 aliphatic heterocycles. The quantitative estimate of drug-likeness (QED) is 0.0470. The molecule has 0 bridgehead atoms. The van der Waals surface area contributed by atoms with Crippen LogP contribution in [0.15, 0.2) is 0 Å². The average Bonchev–Trinajstić information content (AvgIpc) is 3.60. The van der Waals surface area contributed by atoms with E-state index in [1.54, 1.807) is 20.1 Å². The summed E-state index contributed by atoms with van der Waals surface area (Å²) in [6.07, 6.45) is -0.436. The molecular formula is C33H53N7O14S. The molecule has 1 heterocycles. The minimum Gasteiger partial charge on any atom is -0.481 e. The highest BCUT2D eigenvalue weighted by molar-refractivity contribution is 7.98. The Labute approximate surface area is 321 Å². The van der Waals surface area contributed by atoms with Gasteiger partial charge in [0.15, 0.2) is 0 Å². The summed E-state index contributed by atoms with van der Waals surface area (Å²) < 4.78 is 0. The van der Waals surface area contributed by atoms with Crippen LogP contribution in [-0.4, -0.2) is 145 Å². The molecular weight excluding hydrogens is 750 g/mol. The second-order valence-electron chi connectivity index (χ2n) is 13.2. The van der Waals surface area contributed by atoms with Gasteiger partial charge >= 0.3 is 23.9 Å². The van der Waals surface area contributed by atoms with Gasteiger partial charge in [-0.2, -0.15) is 11.8 Å². The number of carboxylic acids is 4. The fourth-order valence-corrected chi connectivity index (χ4v) is 6.02. The molecule has 0 spiro atoms. The molecule has 22 heteroatoms. The lowest BCUT2D eigenvalue weighted by molar-refractivity contribution is -0.147. The molecule has 11 N–H and O–H groups in total. The SMILES string of the molecule is CC[C@H](C)[C@H](NC(=O)[C@H](CCC(=O)O)NC(=O)[C@H](CCC(=O)O)NC(=O)[C@@H]1CCCN1C(=O)[C@H](C)N)C(=O)N[C@@H](CCSC)C(=O)N[C@@H](CC(=O)O)C(=O)O. The number of hydrogen-bond acceptors (Lipinski definition) is 12. The summed E-state index contributed by atoms with van der Waals surface area (Å²) in [6.45, 7) is 4.94. The molecule has 6 amide bonds. The maximum atomic E-state index is 13.7. The summed E-state index contributed by atoms with van der Waals surface area (Å²) >= 11 is 1.30. The highest BCUT2D eigenvalue weighted by Crippen LogP contribution is 2.19. The number of aliphatic carboxylic acids is 4. The Kier molecular flexibility index (Phi) is 20.7. The third-order valence-electron chi connectivity index (χ3n) is 8.82. The molecule has 0 aromatic carbocycles. The minimum absolute atomic E-state index is 0.0158. The first-order valence-corrected chi connectivity index (χ1v) is 19.1. The summed E-state index contributed by atoms with van der Waals surface area (Å²) in [7, 11) is 0. The number of rotatable bonds is 25. The number of nitrogens with two attached hydrogens (primary N) is 1. The van der Waals surface area contributed by atoms with E-state index in [1.807, 2.05) is 0 Å². The number of amides is 6. The predicted octanol–water partition coefficient (Wildman–Crippen LogP) is -2.16. The molecule has 8 atom stereocenters. The van der Waals surface area contributed by atoms with E-state index < -0.39 is 140 Å². The van der Waals surface area contributed by atoms with Gasteiger partial charge in [-0.15, -0.1) is 0 Å². The monoisotopic (exact) mass is 803 g/mol. The van der Waals surface area contributed by atoms with Crippen molar-refractivity contribution in [1.82, 2.24) is 31.5 Å². The Bertz CT molecular complexity index is 1430. The topological polar surface area (TPSA) is 341 Å². The number of hydrogen-bond donors (Lipinski definition) is 10. The van der Waals surface area contributed by atoms with Crippen LogP contribution in [0.5, 0.6) is 0 Å². The van der Waals surface area contributed by atoms with Gasteiger partial charge in [0, 0.05) is 19.4 Å². The number of likely N-dealkylation sites (tertiary alicyclic amines) is 1. The van der Waals surface area contributed by atoms with Crippen molar-refractivity contribution in [3.63, 3.8) is 0 Å². The Hall–Kier alpha value is -4.99. The van der Waals surface area contributed by atoms with E-state index >= 15 is 0 Å². The normalized spacial score (nSPS) is 17.5. The highest BCUT2D eigenvalue weighted by Gasteiger charge is 2.38. The number of thioether (sulfide) groups is 1. The van der Waals surface area contributed by atoms with E-state index in [1.165, 1.54) is 23.6 Å². The first kappa shape index (κ1) is 48.0. The maximum Gasteiger partial charge on any atom is 0.326 e. The molecule has 55 heavy (non-hydrogen) atoms. The van der Waals surface area contributed by atoms with Gasteiger partial charge < -0.3 is 57.6 Å². The van der Waals surface area contributed by atoms with Crippen molar-refractivity contribution < 1.29 is 68.4 Å². The van der Waals surface area contributed by atoms with E-state index in [-0.39, 0.29) is 19.4 Å². The minimum atomic E-state index is -1.80. The van der Waals surface area contributed by atoms with Crippen LogP contribution in [0.1, 0.15) is 78.6 Å². The summed E-state index contributed by atoms with van der Waals surface area (Å²) in [5.74, 6) is -11.3. The fraction of sp³-hybridized carbons (Fsp3) is 0.697. The van der Waals surface area contributed by atoms with Crippen molar-refractivity contribution >= 4 is 71.1 Å². The van der Waals surface area contributed by atoms with Gasteiger partial charge in [-0.3, -0.25) is 43.2 Å². The van der Waals surface area contributed by atoms with Crippen molar-refractivity contribution in [1.29, 1.82) is 0 Å². The smallest absolute Gasteiger partial charge is 0.326 e. The van der Waals surface area contributed by atoms with Crippen LogP contribution >= 0.6 is 11.8 Å². The molecule has 1 fully saturated rings. The Morgan fingerprint density at radius 3 is 1.67 bits per heavy atom. The zero-order chi connectivity index (χ0) is 42.0. The zero-order valence-electron chi connectivity index (χ0n) is 31.2. The molecule has 0 aromatic rings. The van der Waals surface area contributed by atoms with Crippen molar-refractivity contribution in [3.8, 4) is 0 Å². The van der Waals surface area contributed by atoms with Crippen LogP contribution in [-0.2, 0) is 47.9 Å². The molecule has 1 aliphatic rings. The first-order valence-electron chi connectivity index (χ1n) is 17.7. The van der Waals surface area contributed by atoms with Crippen molar-refractivity contribution in [2.24, 2.45) is 11.7 Å². The molecule has 0 radical (unpaired) electrons. The number of nitrogens with one attached hydrogen (secondary N) is 5.